The minimum Gasteiger partial charge on any atom is -0.385 e. The smallest absolute Gasteiger partial charge is 0.0426 e. The van der Waals surface area contributed by atoms with Crippen molar-refractivity contribution in [2.75, 3.05) is 18.4 Å². The number of halogens is 1. The van der Waals surface area contributed by atoms with E-state index in [2.05, 4.69) is 12.2 Å². The molecule has 0 aromatic heterocycles. The molecule has 0 saturated carbocycles. The maximum Gasteiger partial charge on any atom is 0.0426 e. The molecular formula is C11H17ClN2. The molecule has 0 fully saturated rings. The van der Waals surface area contributed by atoms with Gasteiger partial charge in [-0.2, -0.15) is 0 Å². The second-order valence-corrected chi connectivity index (χ2v) is 3.84. The lowest BCUT2D eigenvalue weighted by molar-refractivity contribution is 0.548. The largest absolute Gasteiger partial charge is 0.385 e. The molecule has 0 bridgehead atoms. The zero-order valence-corrected chi connectivity index (χ0v) is 9.22. The van der Waals surface area contributed by atoms with Gasteiger partial charge in [0.15, 0.2) is 0 Å². The molecule has 78 valence electrons. The van der Waals surface area contributed by atoms with E-state index in [-0.39, 0.29) is 0 Å². The van der Waals surface area contributed by atoms with Crippen molar-refractivity contribution < 1.29 is 0 Å². The summed E-state index contributed by atoms with van der Waals surface area (Å²) in [5.74, 6) is 0.536. The normalized spacial score (nSPS) is 12.5. The van der Waals surface area contributed by atoms with Gasteiger partial charge in [0.25, 0.3) is 0 Å². The van der Waals surface area contributed by atoms with Crippen molar-refractivity contribution in [3.8, 4) is 0 Å². The fraction of sp³-hybridized carbons (Fsp3) is 0.455. The summed E-state index contributed by atoms with van der Waals surface area (Å²) in [5.41, 5.74) is 6.67. The highest BCUT2D eigenvalue weighted by Gasteiger charge is 2.02. The molecule has 1 aromatic carbocycles. The van der Waals surface area contributed by atoms with Crippen LogP contribution in [-0.4, -0.2) is 13.1 Å². The Kier molecular flexibility index (Phi) is 4.77. The van der Waals surface area contributed by atoms with Crippen LogP contribution in [0.3, 0.4) is 0 Å². The van der Waals surface area contributed by atoms with Gasteiger partial charge in [-0.1, -0.05) is 31.0 Å². The molecule has 0 aliphatic carbocycles. The second kappa shape index (κ2) is 5.89. The van der Waals surface area contributed by atoms with Crippen LogP contribution in [0, 0.1) is 5.92 Å². The molecular weight excluding hydrogens is 196 g/mol. The van der Waals surface area contributed by atoms with E-state index in [1.165, 1.54) is 0 Å². The monoisotopic (exact) mass is 212 g/mol. The van der Waals surface area contributed by atoms with E-state index in [0.29, 0.717) is 5.92 Å². The van der Waals surface area contributed by atoms with Crippen LogP contribution < -0.4 is 11.1 Å². The summed E-state index contributed by atoms with van der Waals surface area (Å²) >= 11 is 5.86. The maximum atomic E-state index is 5.86. The van der Waals surface area contributed by atoms with Crippen molar-refractivity contribution in [2.24, 2.45) is 11.7 Å². The first-order chi connectivity index (χ1) is 6.76. The van der Waals surface area contributed by atoms with Crippen molar-refractivity contribution in [1.29, 1.82) is 0 Å². The molecule has 2 nitrogen and oxygen atoms in total. The first-order valence-electron chi connectivity index (χ1n) is 4.95. The Morgan fingerprint density at radius 2 is 2.29 bits per heavy atom. The lowest BCUT2D eigenvalue weighted by Crippen LogP contribution is -2.21. The van der Waals surface area contributed by atoms with Crippen LogP contribution in [0.4, 0.5) is 5.69 Å². The molecule has 14 heavy (non-hydrogen) atoms. The Morgan fingerprint density at radius 1 is 1.50 bits per heavy atom. The lowest BCUT2D eigenvalue weighted by atomic mass is 10.1. The van der Waals surface area contributed by atoms with Crippen molar-refractivity contribution in [1.82, 2.24) is 0 Å². The fourth-order valence-corrected chi connectivity index (χ4v) is 1.45. The SMILES string of the molecule is CCC(CN)CNc1cccc(Cl)c1. The summed E-state index contributed by atoms with van der Waals surface area (Å²) in [6.45, 7) is 3.79. The molecule has 0 aliphatic heterocycles. The minimum atomic E-state index is 0.536. The van der Waals surface area contributed by atoms with E-state index >= 15 is 0 Å². The van der Waals surface area contributed by atoms with Gasteiger partial charge < -0.3 is 11.1 Å². The third kappa shape index (κ3) is 3.56. The van der Waals surface area contributed by atoms with Gasteiger partial charge in [-0.3, -0.25) is 0 Å². The van der Waals surface area contributed by atoms with Crippen molar-refractivity contribution in [3.63, 3.8) is 0 Å². The van der Waals surface area contributed by atoms with E-state index in [1.807, 2.05) is 24.3 Å². The average Bonchev–Trinajstić information content (AvgIpc) is 2.19. The molecule has 0 saturated heterocycles. The quantitative estimate of drug-likeness (QED) is 0.788. The van der Waals surface area contributed by atoms with Gasteiger partial charge in [0.2, 0.25) is 0 Å². The predicted octanol–water partition coefficient (Wildman–Crippen LogP) is 2.74. The molecule has 0 amide bonds. The zero-order chi connectivity index (χ0) is 10.4. The number of hydrogen-bond donors (Lipinski definition) is 2. The van der Waals surface area contributed by atoms with Crippen molar-refractivity contribution >= 4 is 17.3 Å². The highest BCUT2D eigenvalue weighted by molar-refractivity contribution is 6.30. The first kappa shape index (κ1) is 11.3. The molecule has 3 N–H and O–H groups in total. The first-order valence-corrected chi connectivity index (χ1v) is 5.33. The second-order valence-electron chi connectivity index (χ2n) is 3.40. The number of benzene rings is 1. The standard InChI is InChI=1S/C11H17ClN2/c1-2-9(7-13)8-14-11-5-3-4-10(12)6-11/h3-6,9,14H,2,7-8,13H2,1H3. The van der Waals surface area contributed by atoms with E-state index < -0.39 is 0 Å². The summed E-state index contributed by atoms with van der Waals surface area (Å²) < 4.78 is 0. The third-order valence-electron chi connectivity index (χ3n) is 2.33. The molecule has 1 atom stereocenters. The third-order valence-corrected chi connectivity index (χ3v) is 2.57. The van der Waals surface area contributed by atoms with Crippen molar-refractivity contribution in [2.45, 2.75) is 13.3 Å². The topological polar surface area (TPSA) is 38.0 Å². The summed E-state index contributed by atoms with van der Waals surface area (Å²) in [5, 5.41) is 4.08. The van der Waals surface area contributed by atoms with Gasteiger partial charge in [-0.05, 0) is 30.7 Å². The van der Waals surface area contributed by atoms with Gasteiger partial charge in [0, 0.05) is 17.3 Å². The van der Waals surface area contributed by atoms with Crippen LogP contribution in [0.2, 0.25) is 5.02 Å². The predicted molar refractivity (Wildman–Crippen MR) is 62.8 cm³/mol. The Balaban J connectivity index is 2.44. The van der Waals surface area contributed by atoms with E-state index in [1.54, 1.807) is 0 Å². The van der Waals surface area contributed by atoms with Crippen molar-refractivity contribution in [3.05, 3.63) is 29.3 Å². The zero-order valence-electron chi connectivity index (χ0n) is 8.46. The number of anilines is 1. The molecule has 0 aliphatic rings. The van der Waals surface area contributed by atoms with E-state index in [9.17, 15) is 0 Å². The molecule has 0 spiro atoms. The van der Waals surface area contributed by atoms with Crippen LogP contribution in [0.25, 0.3) is 0 Å². The van der Waals surface area contributed by atoms with Gasteiger partial charge in [0.05, 0.1) is 0 Å². The van der Waals surface area contributed by atoms with E-state index in [0.717, 1.165) is 30.2 Å². The Morgan fingerprint density at radius 3 is 2.86 bits per heavy atom. The van der Waals surface area contributed by atoms with E-state index in [4.69, 9.17) is 17.3 Å². The van der Waals surface area contributed by atoms with Gasteiger partial charge in [-0.25, -0.2) is 0 Å². The summed E-state index contributed by atoms with van der Waals surface area (Å²) in [6.07, 6.45) is 1.10. The molecule has 0 heterocycles. The summed E-state index contributed by atoms with van der Waals surface area (Å²) in [6, 6.07) is 7.74. The number of rotatable bonds is 5. The van der Waals surface area contributed by atoms with Crippen LogP contribution >= 0.6 is 11.6 Å². The number of nitrogens with two attached hydrogens (primary N) is 1. The van der Waals surface area contributed by atoms with Crippen LogP contribution in [0.1, 0.15) is 13.3 Å². The Hall–Kier alpha value is -0.730. The number of hydrogen-bond acceptors (Lipinski definition) is 2. The Bertz CT molecular complexity index is 272. The summed E-state index contributed by atoms with van der Waals surface area (Å²) in [4.78, 5) is 0. The molecule has 0 radical (unpaired) electrons. The maximum absolute atomic E-state index is 5.86. The van der Waals surface area contributed by atoms with Crippen LogP contribution in [0.15, 0.2) is 24.3 Å². The molecule has 1 unspecified atom stereocenters. The van der Waals surface area contributed by atoms with Gasteiger partial charge >= 0.3 is 0 Å². The van der Waals surface area contributed by atoms with Crippen LogP contribution in [0.5, 0.6) is 0 Å². The number of nitrogens with one attached hydrogen (secondary N) is 1. The highest BCUT2D eigenvalue weighted by Crippen LogP contribution is 2.15. The van der Waals surface area contributed by atoms with Gasteiger partial charge in [-0.15, -0.1) is 0 Å². The fourth-order valence-electron chi connectivity index (χ4n) is 1.25. The molecule has 3 heteroatoms. The minimum absolute atomic E-state index is 0.536. The highest BCUT2D eigenvalue weighted by atomic mass is 35.5. The molecule has 1 aromatic rings. The van der Waals surface area contributed by atoms with Gasteiger partial charge in [0.1, 0.15) is 0 Å². The Labute approximate surface area is 90.4 Å². The summed E-state index contributed by atoms with van der Waals surface area (Å²) in [7, 11) is 0. The lowest BCUT2D eigenvalue weighted by Gasteiger charge is -2.14. The van der Waals surface area contributed by atoms with Crippen LogP contribution in [-0.2, 0) is 0 Å². The molecule has 1 rings (SSSR count). The average molecular weight is 213 g/mol.